The number of ether oxygens (including phenoxy) is 1. The molecule has 0 amide bonds. The van der Waals surface area contributed by atoms with Gasteiger partial charge in [-0.05, 0) is 39.3 Å². The summed E-state index contributed by atoms with van der Waals surface area (Å²) in [4.78, 5) is 23.4. The van der Waals surface area contributed by atoms with E-state index < -0.39 is 11.6 Å². The second-order valence-corrected chi connectivity index (χ2v) is 6.89. The Labute approximate surface area is 139 Å². The molecule has 0 saturated heterocycles. The number of benzene rings is 1. The Morgan fingerprint density at radius 2 is 2.00 bits per heavy atom. The van der Waals surface area contributed by atoms with Gasteiger partial charge in [0.05, 0.1) is 29.1 Å². The molecule has 0 unspecified atom stereocenters. The van der Waals surface area contributed by atoms with Gasteiger partial charge in [0.2, 0.25) is 0 Å². The van der Waals surface area contributed by atoms with Crippen molar-refractivity contribution in [1.82, 2.24) is 15.0 Å². The first kappa shape index (κ1) is 16.2. The number of nitrogens with zero attached hydrogens (tertiary/aromatic N) is 3. The van der Waals surface area contributed by atoms with E-state index in [2.05, 4.69) is 10.3 Å². The number of aromatic nitrogens is 3. The Morgan fingerprint density at radius 1 is 1.29 bits per heavy atom. The van der Waals surface area contributed by atoms with E-state index >= 15 is 0 Å². The second kappa shape index (κ2) is 5.74. The molecule has 0 aliphatic heterocycles. The van der Waals surface area contributed by atoms with Gasteiger partial charge in [-0.25, -0.2) is 9.48 Å². The Hall–Kier alpha value is -2.70. The zero-order valence-corrected chi connectivity index (χ0v) is 13.8. The van der Waals surface area contributed by atoms with Gasteiger partial charge < -0.3 is 9.84 Å². The number of carbonyl (C=O) groups excluding carboxylic acids is 1. The van der Waals surface area contributed by atoms with E-state index in [0.29, 0.717) is 17.8 Å². The lowest BCUT2D eigenvalue weighted by Crippen LogP contribution is -2.25. The van der Waals surface area contributed by atoms with Crippen molar-refractivity contribution in [3.63, 3.8) is 0 Å². The molecule has 7 nitrogen and oxygen atoms in total. The Kier molecular flexibility index (Phi) is 3.87. The maximum Gasteiger partial charge on any atom is 0.337 e. The van der Waals surface area contributed by atoms with Crippen molar-refractivity contribution < 1.29 is 19.4 Å². The van der Waals surface area contributed by atoms with E-state index in [1.165, 1.54) is 10.7 Å². The third kappa shape index (κ3) is 3.29. The van der Waals surface area contributed by atoms with Crippen molar-refractivity contribution in [2.75, 3.05) is 0 Å². The van der Waals surface area contributed by atoms with Crippen LogP contribution < -0.4 is 0 Å². The van der Waals surface area contributed by atoms with Gasteiger partial charge >= 0.3 is 11.9 Å². The van der Waals surface area contributed by atoms with Gasteiger partial charge in [-0.3, -0.25) is 4.79 Å². The van der Waals surface area contributed by atoms with E-state index in [4.69, 9.17) is 4.74 Å². The van der Waals surface area contributed by atoms with Gasteiger partial charge in [0.1, 0.15) is 5.60 Å². The number of aromatic carboxylic acids is 1. The maximum absolute atomic E-state index is 12.1. The number of rotatable bonds is 4. The van der Waals surface area contributed by atoms with Gasteiger partial charge in [-0.2, -0.15) is 0 Å². The van der Waals surface area contributed by atoms with Crippen LogP contribution in [0.15, 0.2) is 30.5 Å². The predicted octanol–water partition coefficient (Wildman–Crippen LogP) is 2.41. The topological polar surface area (TPSA) is 94.3 Å². The number of esters is 1. The third-order valence-electron chi connectivity index (χ3n) is 3.77. The standard InChI is InChI=1S/C17H19N3O4/c1-17(2,3)24-16(23)12-8-11(12)13-9-20(19-18-13)14-7-5-4-6-10(14)15(21)22/h4-7,9,11-12H,8H2,1-3H3,(H,21,22)/t11-,12+/m0/s1. The van der Waals surface area contributed by atoms with Crippen molar-refractivity contribution in [2.24, 2.45) is 5.92 Å². The van der Waals surface area contributed by atoms with Gasteiger partial charge in [0.15, 0.2) is 0 Å². The molecular formula is C17H19N3O4. The molecule has 7 heteroatoms. The van der Waals surface area contributed by atoms with E-state index in [1.54, 1.807) is 24.4 Å². The largest absolute Gasteiger partial charge is 0.478 e. The number of hydrogen-bond donors (Lipinski definition) is 1. The summed E-state index contributed by atoms with van der Waals surface area (Å²) in [7, 11) is 0. The molecule has 1 fully saturated rings. The highest BCUT2D eigenvalue weighted by atomic mass is 16.6. The fourth-order valence-electron chi connectivity index (χ4n) is 2.58. The smallest absolute Gasteiger partial charge is 0.337 e. The molecule has 24 heavy (non-hydrogen) atoms. The first-order valence-corrected chi connectivity index (χ1v) is 7.74. The molecular weight excluding hydrogens is 310 g/mol. The molecule has 1 aromatic heterocycles. The van der Waals surface area contributed by atoms with E-state index in [-0.39, 0.29) is 23.4 Å². The molecule has 0 spiro atoms. The zero-order chi connectivity index (χ0) is 17.5. The highest BCUT2D eigenvalue weighted by molar-refractivity contribution is 5.91. The maximum atomic E-state index is 12.1. The average Bonchev–Trinajstić information content (AvgIpc) is 3.15. The van der Waals surface area contributed by atoms with Crippen LogP contribution in [0.25, 0.3) is 5.69 Å². The van der Waals surface area contributed by atoms with Gasteiger partial charge in [-0.1, -0.05) is 17.3 Å². The molecule has 1 aliphatic rings. The van der Waals surface area contributed by atoms with E-state index in [1.807, 2.05) is 20.8 Å². The van der Waals surface area contributed by atoms with E-state index in [9.17, 15) is 14.7 Å². The Morgan fingerprint density at radius 3 is 2.67 bits per heavy atom. The van der Waals surface area contributed by atoms with Crippen LogP contribution >= 0.6 is 0 Å². The van der Waals surface area contributed by atoms with Crippen molar-refractivity contribution in [2.45, 2.75) is 38.7 Å². The molecule has 0 bridgehead atoms. The average molecular weight is 329 g/mol. The Balaban J connectivity index is 1.77. The minimum atomic E-state index is -1.03. The van der Waals surface area contributed by atoms with Crippen LogP contribution in [-0.2, 0) is 9.53 Å². The lowest BCUT2D eigenvalue weighted by molar-refractivity contribution is -0.156. The minimum absolute atomic E-state index is 0.0226. The lowest BCUT2D eigenvalue weighted by atomic mass is 10.2. The SMILES string of the molecule is CC(C)(C)OC(=O)[C@@H]1C[C@@H]1c1cn(-c2ccccc2C(=O)O)nn1. The molecule has 2 atom stereocenters. The van der Waals surface area contributed by atoms with Crippen molar-refractivity contribution in [3.05, 3.63) is 41.7 Å². The normalized spacial score (nSPS) is 19.8. The number of carbonyl (C=O) groups is 2. The summed E-state index contributed by atoms with van der Waals surface area (Å²) in [5.74, 6) is -1.48. The summed E-state index contributed by atoms with van der Waals surface area (Å²) in [5.41, 5.74) is 0.750. The third-order valence-corrected chi connectivity index (χ3v) is 3.77. The summed E-state index contributed by atoms with van der Waals surface area (Å²) < 4.78 is 6.82. The molecule has 1 aromatic carbocycles. The number of carboxylic acid groups (broad SMARTS) is 1. The second-order valence-electron chi connectivity index (χ2n) is 6.89. The van der Waals surface area contributed by atoms with Gasteiger partial charge in [0.25, 0.3) is 0 Å². The minimum Gasteiger partial charge on any atom is -0.478 e. The number of carboxylic acids is 1. The zero-order valence-electron chi connectivity index (χ0n) is 13.8. The first-order chi connectivity index (χ1) is 11.3. The van der Waals surface area contributed by atoms with Crippen LogP contribution in [0.3, 0.4) is 0 Å². The molecule has 0 radical (unpaired) electrons. The highest BCUT2D eigenvalue weighted by Gasteiger charge is 2.48. The summed E-state index contributed by atoms with van der Waals surface area (Å²) in [6, 6.07) is 6.58. The molecule has 1 saturated carbocycles. The van der Waals surface area contributed by atoms with Crippen LogP contribution in [0.5, 0.6) is 0 Å². The Bertz CT molecular complexity index is 791. The fourth-order valence-corrected chi connectivity index (χ4v) is 2.58. The highest BCUT2D eigenvalue weighted by Crippen LogP contribution is 2.47. The monoisotopic (exact) mass is 329 g/mol. The quantitative estimate of drug-likeness (QED) is 0.866. The summed E-state index contributed by atoms with van der Waals surface area (Å²) in [6.07, 6.45) is 2.35. The summed E-state index contributed by atoms with van der Waals surface area (Å²) in [5, 5.41) is 17.4. The fraction of sp³-hybridized carbons (Fsp3) is 0.412. The molecule has 3 rings (SSSR count). The van der Waals surface area contributed by atoms with Crippen molar-refractivity contribution in [3.8, 4) is 5.69 Å². The van der Waals surface area contributed by atoms with Gasteiger partial charge in [-0.15, -0.1) is 5.10 Å². The summed E-state index contributed by atoms with van der Waals surface area (Å²) in [6.45, 7) is 5.50. The number of hydrogen-bond acceptors (Lipinski definition) is 5. The van der Waals surface area contributed by atoms with E-state index in [0.717, 1.165) is 0 Å². The van der Waals surface area contributed by atoms with Gasteiger partial charge in [0, 0.05) is 5.92 Å². The van der Waals surface area contributed by atoms with Crippen molar-refractivity contribution in [1.29, 1.82) is 0 Å². The summed E-state index contributed by atoms with van der Waals surface area (Å²) >= 11 is 0. The first-order valence-electron chi connectivity index (χ1n) is 7.74. The molecule has 1 N–H and O–H groups in total. The molecule has 1 aliphatic carbocycles. The van der Waals surface area contributed by atoms with Crippen LogP contribution in [0.4, 0.5) is 0 Å². The van der Waals surface area contributed by atoms with Crippen LogP contribution in [0.2, 0.25) is 0 Å². The number of para-hydroxylation sites is 1. The molecule has 2 aromatic rings. The molecule has 1 heterocycles. The van der Waals surface area contributed by atoms with Crippen LogP contribution in [-0.4, -0.2) is 37.6 Å². The van der Waals surface area contributed by atoms with Crippen molar-refractivity contribution >= 4 is 11.9 Å². The predicted molar refractivity (Wildman–Crippen MR) is 85.0 cm³/mol. The van der Waals surface area contributed by atoms with Crippen LogP contribution in [0, 0.1) is 5.92 Å². The molecule has 126 valence electrons. The van der Waals surface area contributed by atoms with Crippen LogP contribution in [0.1, 0.15) is 49.2 Å². The lowest BCUT2D eigenvalue weighted by Gasteiger charge is -2.19.